The lowest BCUT2D eigenvalue weighted by molar-refractivity contribution is 0.169. The fourth-order valence-corrected chi connectivity index (χ4v) is 0.689. The van der Waals surface area contributed by atoms with Gasteiger partial charge < -0.3 is 4.74 Å². The van der Waals surface area contributed by atoms with Crippen molar-refractivity contribution in [2.45, 2.75) is 12.1 Å². The van der Waals surface area contributed by atoms with Crippen LogP contribution < -0.4 is 0 Å². The molecular formula is C3H9ClOSi. The largest absolute Gasteiger partial charge is 0.368 e. The predicted molar refractivity (Wildman–Crippen MR) is 31.2 cm³/mol. The summed E-state index contributed by atoms with van der Waals surface area (Å²) >= 11 is 5.42. The van der Waals surface area contributed by atoms with Gasteiger partial charge in [-0.1, -0.05) is 11.6 Å². The number of hydrogen-bond acceptors (Lipinski definition) is 1. The summed E-state index contributed by atoms with van der Waals surface area (Å²) in [6, 6.07) is 0. The maximum Gasteiger partial charge on any atom is 0.108 e. The van der Waals surface area contributed by atoms with Crippen LogP contribution in [0.5, 0.6) is 0 Å². The molecule has 0 aromatic heterocycles. The SMILES string of the molecule is CCOC([SiH3])Cl. The highest BCUT2D eigenvalue weighted by molar-refractivity contribution is 6.39. The number of halogens is 1. The van der Waals surface area contributed by atoms with Gasteiger partial charge in [0, 0.05) is 6.61 Å². The molecule has 6 heavy (non-hydrogen) atoms. The highest BCUT2D eigenvalue weighted by Gasteiger charge is 1.86. The van der Waals surface area contributed by atoms with Crippen LogP contribution in [0, 0.1) is 0 Å². The summed E-state index contributed by atoms with van der Waals surface area (Å²) in [4.78, 5) is 0. The van der Waals surface area contributed by atoms with Crippen molar-refractivity contribution in [3.8, 4) is 0 Å². The van der Waals surface area contributed by atoms with E-state index in [1.807, 2.05) is 6.92 Å². The van der Waals surface area contributed by atoms with Gasteiger partial charge in [0.1, 0.15) is 5.19 Å². The van der Waals surface area contributed by atoms with Crippen molar-refractivity contribution in [2.24, 2.45) is 0 Å². The van der Waals surface area contributed by atoms with Gasteiger partial charge in [0.2, 0.25) is 0 Å². The molecule has 3 heteroatoms. The zero-order chi connectivity index (χ0) is 4.99. The standard InChI is InChI=1S/C3H9ClOSi/c1-2-5-3(4)6/h3H,2H2,1,6H3. The second-order valence-electron chi connectivity index (χ2n) is 0.998. The average molecular weight is 125 g/mol. The van der Waals surface area contributed by atoms with E-state index in [1.54, 1.807) is 0 Å². The van der Waals surface area contributed by atoms with Crippen molar-refractivity contribution in [3.05, 3.63) is 0 Å². The van der Waals surface area contributed by atoms with E-state index in [9.17, 15) is 0 Å². The summed E-state index contributed by atoms with van der Waals surface area (Å²) in [6.45, 7) is 2.67. The van der Waals surface area contributed by atoms with Crippen LogP contribution in [0.4, 0.5) is 0 Å². The molecule has 0 radical (unpaired) electrons. The van der Waals surface area contributed by atoms with E-state index >= 15 is 0 Å². The first-order valence-electron chi connectivity index (χ1n) is 2.03. The number of hydrogen-bond donors (Lipinski definition) is 0. The van der Waals surface area contributed by atoms with Gasteiger partial charge in [-0.15, -0.1) is 0 Å². The zero-order valence-electron chi connectivity index (χ0n) is 4.07. The smallest absolute Gasteiger partial charge is 0.108 e. The predicted octanol–water partition coefficient (Wildman–Crippen LogP) is -0.0893. The van der Waals surface area contributed by atoms with Crippen molar-refractivity contribution in [3.63, 3.8) is 0 Å². The summed E-state index contributed by atoms with van der Waals surface area (Å²) < 4.78 is 4.87. The van der Waals surface area contributed by atoms with Crippen molar-refractivity contribution >= 4 is 21.8 Å². The molecule has 38 valence electrons. The van der Waals surface area contributed by atoms with Crippen LogP contribution in [-0.2, 0) is 4.74 Å². The molecule has 0 aliphatic heterocycles. The first kappa shape index (κ1) is 6.47. The molecule has 0 saturated heterocycles. The molecule has 0 heterocycles. The van der Waals surface area contributed by atoms with Gasteiger partial charge in [-0.05, 0) is 6.92 Å². The molecule has 1 unspecified atom stereocenters. The lowest BCUT2D eigenvalue weighted by atomic mass is 10.9. The Bertz CT molecular complexity index is 32.0. The Morgan fingerprint density at radius 3 is 2.50 bits per heavy atom. The topological polar surface area (TPSA) is 9.23 Å². The van der Waals surface area contributed by atoms with Crippen LogP contribution in [0.1, 0.15) is 6.92 Å². The maximum absolute atomic E-state index is 5.42. The number of alkyl halides is 1. The molecule has 1 nitrogen and oxygen atoms in total. The molecule has 1 atom stereocenters. The fraction of sp³-hybridized carbons (Fsp3) is 1.00. The lowest BCUT2D eigenvalue weighted by Gasteiger charge is -1.97. The minimum Gasteiger partial charge on any atom is -0.368 e. The number of rotatable bonds is 2. The molecule has 0 aromatic carbocycles. The Kier molecular flexibility index (Phi) is 3.93. The third-order valence-corrected chi connectivity index (χ3v) is 0.856. The van der Waals surface area contributed by atoms with Crippen LogP contribution in [0.3, 0.4) is 0 Å². The van der Waals surface area contributed by atoms with Crippen LogP contribution in [0.2, 0.25) is 0 Å². The molecule has 0 aliphatic rings. The van der Waals surface area contributed by atoms with Crippen LogP contribution in [0.15, 0.2) is 0 Å². The molecule has 0 N–H and O–H groups in total. The summed E-state index contributed by atoms with van der Waals surface area (Å²) in [7, 11) is 0.922. The summed E-state index contributed by atoms with van der Waals surface area (Å²) in [5.74, 6) is 0. The number of ether oxygens (including phenoxy) is 1. The Morgan fingerprint density at radius 1 is 2.00 bits per heavy atom. The van der Waals surface area contributed by atoms with E-state index in [0.717, 1.165) is 16.8 Å². The second kappa shape index (κ2) is 3.65. The summed E-state index contributed by atoms with van der Waals surface area (Å²) in [5.41, 5.74) is 0. The van der Waals surface area contributed by atoms with Gasteiger partial charge in [0.05, 0.1) is 10.2 Å². The van der Waals surface area contributed by atoms with Crippen LogP contribution in [-0.4, -0.2) is 22.0 Å². The monoisotopic (exact) mass is 124 g/mol. The van der Waals surface area contributed by atoms with Gasteiger partial charge in [-0.2, -0.15) is 0 Å². The van der Waals surface area contributed by atoms with Gasteiger partial charge in [0.25, 0.3) is 0 Å². The first-order chi connectivity index (χ1) is 2.77. The third kappa shape index (κ3) is 4.47. The lowest BCUT2D eigenvalue weighted by Crippen LogP contribution is -2.01. The molecule has 0 aromatic rings. The van der Waals surface area contributed by atoms with Gasteiger partial charge >= 0.3 is 0 Å². The average Bonchev–Trinajstić information content (AvgIpc) is 1.35. The Labute approximate surface area is 46.1 Å². The third-order valence-electron chi connectivity index (χ3n) is 0.396. The summed E-state index contributed by atoms with van der Waals surface area (Å²) in [6.07, 6.45) is 0. The Morgan fingerprint density at radius 2 is 2.50 bits per heavy atom. The highest BCUT2D eigenvalue weighted by atomic mass is 35.5. The highest BCUT2D eigenvalue weighted by Crippen LogP contribution is 1.87. The van der Waals surface area contributed by atoms with Crippen LogP contribution >= 0.6 is 11.6 Å². The van der Waals surface area contributed by atoms with Gasteiger partial charge in [0.15, 0.2) is 0 Å². The van der Waals surface area contributed by atoms with E-state index in [2.05, 4.69) is 0 Å². The molecule has 0 spiro atoms. The van der Waals surface area contributed by atoms with Crippen molar-refractivity contribution in [2.75, 3.05) is 6.61 Å². The first-order valence-corrected chi connectivity index (χ1v) is 3.62. The second-order valence-corrected chi connectivity index (χ2v) is 3.39. The fourth-order valence-electron chi connectivity index (χ4n) is 0.230. The normalized spacial score (nSPS) is 15.0. The molecule has 0 rings (SSSR count). The molecule has 0 fully saturated rings. The molecule has 0 amide bonds. The van der Waals surface area contributed by atoms with Crippen molar-refractivity contribution in [1.82, 2.24) is 0 Å². The van der Waals surface area contributed by atoms with E-state index in [4.69, 9.17) is 16.3 Å². The minimum absolute atomic E-state index is 0.00926. The Balaban J connectivity index is 2.63. The summed E-state index contributed by atoms with van der Waals surface area (Å²) in [5, 5.41) is 0.00926. The van der Waals surface area contributed by atoms with Gasteiger partial charge in [-0.25, -0.2) is 0 Å². The molecular weight excluding hydrogens is 116 g/mol. The van der Waals surface area contributed by atoms with Crippen molar-refractivity contribution < 1.29 is 4.74 Å². The van der Waals surface area contributed by atoms with Crippen LogP contribution in [0.25, 0.3) is 0 Å². The van der Waals surface area contributed by atoms with Gasteiger partial charge in [-0.3, -0.25) is 0 Å². The molecule has 0 aliphatic carbocycles. The Hall–Kier alpha value is 0.467. The zero-order valence-corrected chi connectivity index (χ0v) is 6.83. The maximum atomic E-state index is 5.42. The molecule has 0 bridgehead atoms. The van der Waals surface area contributed by atoms with E-state index < -0.39 is 0 Å². The van der Waals surface area contributed by atoms with E-state index in [1.165, 1.54) is 0 Å². The quantitative estimate of drug-likeness (QED) is 0.370. The molecule has 0 saturated carbocycles. The van der Waals surface area contributed by atoms with E-state index in [0.29, 0.717) is 0 Å². The minimum atomic E-state index is 0.00926. The van der Waals surface area contributed by atoms with E-state index in [-0.39, 0.29) is 5.19 Å². The van der Waals surface area contributed by atoms with Crippen molar-refractivity contribution in [1.29, 1.82) is 0 Å².